The van der Waals surface area contributed by atoms with Crippen molar-refractivity contribution >= 4 is 29.0 Å². The third kappa shape index (κ3) is 4.36. The maximum absolute atomic E-state index is 13.6. The lowest BCUT2D eigenvalue weighted by molar-refractivity contribution is -0.140. The van der Waals surface area contributed by atoms with Crippen LogP contribution in [0.25, 0.3) is 28.4 Å². The van der Waals surface area contributed by atoms with Crippen LogP contribution in [0.1, 0.15) is 22.6 Å². The highest BCUT2D eigenvalue weighted by Gasteiger charge is 2.33. The standard InChI is InChI=1S/C29H26FN3O5/c1-32-27(17-6-8-19(30)9-7-17)20(21-5-4-12-31-28(21)32)10-11-26(34)33-15-18-13-24(37-2)25(38-3)14-22(18)23(16-33)29(35)36/h4-14,23H,15-16H2,1-3H3,(H,35,36)/b11-10+. The molecule has 0 fully saturated rings. The van der Waals surface area contributed by atoms with E-state index in [-0.39, 0.29) is 24.8 Å². The van der Waals surface area contributed by atoms with E-state index in [4.69, 9.17) is 9.47 Å². The molecule has 2 aromatic carbocycles. The molecule has 9 heteroatoms. The Kier molecular flexibility index (Phi) is 6.59. The summed E-state index contributed by atoms with van der Waals surface area (Å²) in [5.74, 6) is -1.71. The first-order valence-electron chi connectivity index (χ1n) is 12.0. The van der Waals surface area contributed by atoms with E-state index in [1.165, 1.54) is 37.3 Å². The van der Waals surface area contributed by atoms with E-state index in [9.17, 15) is 19.1 Å². The molecule has 1 N–H and O–H groups in total. The summed E-state index contributed by atoms with van der Waals surface area (Å²) in [5, 5.41) is 10.8. The number of pyridine rings is 1. The monoisotopic (exact) mass is 515 g/mol. The first-order valence-corrected chi connectivity index (χ1v) is 12.0. The smallest absolute Gasteiger partial charge is 0.312 e. The third-order valence-corrected chi connectivity index (χ3v) is 6.89. The average molecular weight is 516 g/mol. The van der Waals surface area contributed by atoms with Gasteiger partial charge >= 0.3 is 5.97 Å². The van der Waals surface area contributed by atoms with Crippen molar-refractivity contribution in [1.29, 1.82) is 0 Å². The topological polar surface area (TPSA) is 93.9 Å². The number of fused-ring (bicyclic) bond motifs is 2. The number of carboxylic acid groups (broad SMARTS) is 1. The van der Waals surface area contributed by atoms with Crippen LogP contribution in [-0.4, -0.2) is 52.2 Å². The van der Waals surface area contributed by atoms with Crippen molar-refractivity contribution in [3.05, 3.63) is 83.3 Å². The minimum absolute atomic E-state index is 0.0168. The average Bonchev–Trinajstić information content (AvgIpc) is 3.21. The number of methoxy groups -OCH3 is 2. The Labute approximate surface area is 218 Å². The molecule has 38 heavy (non-hydrogen) atoms. The van der Waals surface area contributed by atoms with Gasteiger partial charge in [-0.05, 0) is 71.3 Å². The molecule has 4 aromatic rings. The van der Waals surface area contributed by atoms with E-state index in [0.717, 1.165) is 27.9 Å². The Morgan fingerprint density at radius 1 is 1.11 bits per heavy atom. The Balaban J connectivity index is 1.52. The number of aromatic nitrogens is 2. The highest BCUT2D eigenvalue weighted by molar-refractivity contribution is 6.00. The molecule has 8 nitrogen and oxygen atoms in total. The first-order chi connectivity index (χ1) is 18.3. The molecule has 1 aliphatic rings. The lowest BCUT2D eigenvalue weighted by Gasteiger charge is -2.32. The van der Waals surface area contributed by atoms with E-state index in [1.54, 1.807) is 36.5 Å². The second-order valence-electron chi connectivity index (χ2n) is 9.05. The SMILES string of the molecule is COc1cc2c(cc1OC)C(C(=O)O)CN(C(=O)/C=C/c1c(-c3ccc(F)cc3)n(C)c3ncccc13)C2. The molecular weight excluding hydrogens is 489 g/mol. The third-order valence-electron chi connectivity index (χ3n) is 6.89. The molecule has 1 aliphatic heterocycles. The summed E-state index contributed by atoms with van der Waals surface area (Å²) in [6.45, 7) is 0.244. The number of rotatable bonds is 6. The number of aryl methyl sites for hydroxylation is 1. The van der Waals surface area contributed by atoms with Crippen molar-refractivity contribution in [3.8, 4) is 22.8 Å². The number of aliphatic carboxylic acids is 1. The van der Waals surface area contributed by atoms with Gasteiger partial charge < -0.3 is 24.0 Å². The number of halogens is 1. The first kappa shape index (κ1) is 25.0. The zero-order valence-electron chi connectivity index (χ0n) is 21.1. The van der Waals surface area contributed by atoms with Gasteiger partial charge in [0.25, 0.3) is 0 Å². The highest BCUT2D eigenvalue weighted by Crippen LogP contribution is 2.38. The maximum Gasteiger partial charge on any atom is 0.312 e. The number of benzene rings is 2. The second kappa shape index (κ2) is 10.0. The predicted molar refractivity (Wildman–Crippen MR) is 140 cm³/mol. The van der Waals surface area contributed by atoms with Gasteiger partial charge in [-0.2, -0.15) is 0 Å². The molecule has 194 valence electrons. The molecule has 0 saturated carbocycles. The number of carbonyl (C=O) groups is 2. The Morgan fingerprint density at radius 2 is 1.82 bits per heavy atom. The van der Waals surface area contributed by atoms with Crippen molar-refractivity contribution in [3.63, 3.8) is 0 Å². The number of ether oxygens (including phenoxy) is 2. The van der Waals surface area contributed by atoms with Crippen molar-refractivity contribution < 1.29 is 28.6 Å². The van der Waals surface area contributed by atoms with Crippen molar-refractivity contribution in [2.24, 2.45) is 7.05 Å². The number of hydrogen-bond donors (Lipinski definition) is 1. The lowest BCUT2D eigenvalue weighted by atomic mass is 9.89. The zero-order chi connectivity index (χ0) is 27.0. The normalized spacial score (nSPS) is 15.1. The van der Waals surface area contributed by atoms with E-state index in [2.05, 4.69) is 4.98 Å². The molecule has 3 heterocycles. The van der Waals surface area contributed by atoms with Gasteiger partial charge in [-0.25, -0.2) is 9.37 Å². The lowest BCUT2D eigenvalue weighted by Crippen LogP contribution is -2.39. The predicted octanol–water partition coefficient (Wildman–Crippen LogP) is 4.62. The van der Waals surface area contributed by atoms with Crippen LogP contribution in [0.2, 0.25) is 0 Å². The maximum atomic E-state index is 13.6. The Morgan fingerprint density at radius 3 is 2.50 bits per heavy atom. The fraction of sp³-hybridized carbons (Fsp3) is 0.207. The second-order valence-corrected chi connectivity index (χ2v) is 9.05. The minimum Gasteiger partial charge on any atom is -0.493 e. The summed E-state index contributed by atoms with van der Waals surface area (Å²) < 4.78 is 26.2. The summed E-state index contributed by atoms with van der Waals surface area (Å²) in [4.78, 5) is 31.5. The minimum atomic E-state index is -1.03. The molecule has 1 atom stereocenters. The van der Waals surface area contributed by atoms with Crippen LogP contribution < -0.4 is 9.47 Å². The molecule has 1 unspecified atom stereocenters. The quantitative estimate of drug-likeness (QED) is 0.377. The van der Waals surface area contributed by atoms with Gasteiger partial charge in [-0.15, -0.1) is 0 Å². The van der Waals surface area contributed by atoms with Crippen LogP contribution in [0.15, 0.2) is 60.8 Å². The molecule has 0 spiro atoms. The van der Waals surface area contributed by atoms with Gasteiger partial charge in [-0.1, -0.05) is 0 Å². The molecule has 0 saturated heterocycles. The number of carbonyl (C=O) groups excluding carboxylic acids is 1. The van der Waals surface area contributed by atoms with Gasteiger partial charge in [0, 0.05) is 43.4 Å². The van der Waals surface area contributed by atoms with Crippen LogP contribution in [-0.2, 0) is 23.2 Å². The molecule has 0 aliphatic carbocycles. The van der Waals surface area contributed by atoms with Gasteiger partial charge in [0.15, 0.2) is 11.5 Å². The van der Waals surface area contributed by atoms with Gasteiger partial charge in [0.1, 0.15) is 11.5 Å². The Hall–Kier alpha value is -4.66. The van der Waals surface area contributed by atoms with E-state index < -0.39 is 11.9 Å². The van der Waals surface area contributed by atoms with Crippen LogP contribution in [0.3, 0.4) is 0 Å². The van der Waals surface area contributed by atoms with Crippen molar-refractivity contribution in [1.82, 2.24) is 14.5 Å². The van der Waals surface area contributed by atoms with Crippen molar-refractivity contribution in [2.75, 3.05) is 20.8 Å². The molecular formula is C29H26FN3O5. The molecule has 0 bridgehead atoms. The van der Waals surface area contributed by atoms with E-state index >= 15 is 0 Å². The summed E-state index contributed by atoms with van der Waals surface area (Å²) in [6, 6.07) is 13.3. The van der Waals surface area contributed by atoms with E-state index in [0.29, 0.717) is 22.6 Å². The number of carboxylic acids is 1. The largest absolute Gasteiger partial charge is 0.493 e. The molecule has 2 aromatic heterocycles. The fourth-order valence-electron chi connectivity index (χ4n) is 5.04. The van der Waals surface area contributed by atoms with Crippen LogP contribution in [0, 0.1) is 5.82 Å². The molecule has 5 rings (SSSR count). The number of amides is 1. The highest BCUT2D eigenvalue weighted by atomic mass is 19.1. The number of nitrogens with zero attached hydrogens (tertiary/aromatic N) is 3. The zero-order valence-corrected chi connectivity index (χ0v) is 21.1. The summed E-state index contributed by atoms with van der Waals surface area (Å²) in [6.07, 6.45) is 4.85. The van der Waals surface area contributed by atoms with Crippen molar-refractivity contribution in [2.45, 2.75) is 12.5 Å². The van der Waals surface area contributed by atoms with Gasteiger partial charge in [-0.3, -0.25) is 9.59 Å². The Bertz CT molecular complexity index is 1580. The van der Waals surface area contributed by atoms with Crippen LogP contribution in [0.4, 0.5) is 4.39 Å². The summed E-state index contributed by atoms with van der Waals surface area (Å²) in [7, 11) is 4.87. The van der Waals surface area contributed by atoms with Gasteiger partial charge in [0.05, 0.1) is 25.8 Å². The van der Waals surface area contributed by atoms with E-state index in [1.807, 2.05) is 23.7 Å². The summed E-state index contributed by atoms with van der Waals surface area (Å²) >= 11 is 0. The van der Waals surface area contributed by atoms with Gasteiger partial charge in [0.2, 0.25) is 5.91 Å². The summed E-state index contributed by atoms with van der Waals surface area (Å²) in [5.41, 5.74) is 4.32. The molecule has 1 amide bonds. The van der Waals surface area contributed by atoms with Crippen LogP contribution in [0.5, 0.6) is 11.5 Å². The fourth-order valence-corrected chi connectivity index (χ4v) is 5.04. The molecule has 0 radical (unpaired) electrons. The van der Waals surface area contributed by atoms with Crippen LogP contribution >= 0.6 is 0 Å². The number of hydrogen-bond acceptors (Lipinski definition) is 5.